The molecule has 7 nitrogen and oxygen atoms in total. The zero-order valence-electron chi connectivity index (χ0n) is 16.6. The van der Waals surface area contributed by atoms with Gasteiger partial charge in [0, 0.05) is 15.8 Å². The predicted octanol–water partition coefficient (Wildman–Crippen LogP) is 5.16. The van der Waals surface area contributed by atoms with Gasteiger partial charge in [-0.25, -0.2) is 4.98 Å². The lowest BCUT2D eigenvalue weighted by molar-refractivity contribution is 0.412. The SMILES string of the molecule is COc1ccccc1-n1cnnc1SC(C)c1nc2scc(-c3cccs3)c2c(=O)[nH]1. The van der Waals surface area contributed by atoms with E-state index in [0.29, 0.717) is 16.4 Å². The van der Waals surface area contributed by atoms with Gasteiger partial charge in [0.1, 0.15) is 22.7 Å². The molecule has 0 saturated carbocycles. The van der Waals surface area contributed by atoms with Crippen molar-refractivity contribution in [2.24, 2.45) is 0 Å². The molecule has 1 N–H and O–H groups in total. The van der Waals surface area contributed by atoms with Gasteiger partial charge in [-0.3, -0.25) is 9.36 Å². The molecule has 1 atom stereocenters. The van der Waals surface area contributed by atoms with Crippen LogP contribution >= 0.6 is 34.4 Å². The lowest BCUT2D eigenvalue weighted by Crippen LogP contribution is -2.12. The quantitative estimate of drug-likeness (QED) is 0.347. The van der Waals surface area contributed by atoms with Gasteiger partial charge >= 0.3 is 0 Å². The number of thioether (sulfide) groups is 1. The van der Waals surface area contributed by atoms with E-state index >= 15 is 0 Å². The molecule has 0 aliphatic heterocycles. The summed E-state index contributed by atoms with van der Waals surface area (Å²) in [5.41, 5.74) is 1.66. The predicted molar refractivity (Wildman–Crippen MR) is 126 cm³/mol. The van der Waals surface area contributed by atoms with Crippen molar-refractivity contribution < 1.29 is 4.74 Å². The summed E-state index contributed by atoms with van der Waals surface area (Å²) in [5, 5.41) is 13.5. The zero-order valence-corrected chi connectivity index (χ0v) is 19.1. The van der Waals surface area contributed by atoms with Crippen LogP contribution in [0.5, 0.6) is 5.75 Å². The molecule has 10 heteroatoms. The topological polar surface area (TPSA) is 85.7 Å². The molecule has 4 aromatic heterocycles. The number of fused-ring (bicyclic) bond motifs is 1. The third-order valence-electron chi connectivity index (χ3n) is 4.78. The van der Waals surface area contributed by atoms with Gasteiger partial charge in [0.2, 0.25) is 0 Å². The molecule has 1 unspecified atom stereocenters. The first-order chi connectivity index (χ1) is 15.2. The third-order valence-corrected chi connectivity index (χ3v) is 7.62. The van der Waals surface area contributed by atoms with Crippen LogP contribution in [0.15, 0.2) is 63.4 Å². The summed E-state index contributed by atoms with van der Waals surface area (Å²) < 4.78 is 7.34. The fraction of sp³-hybridized carbons (Fsp3) is 0.143. The molecule has 156 valence electrons. The molecule has 5 aromatic rings. The highest BCUT2D eigenvalue weighted by atomic mass is 32.2. The molecule has 0 aliphatic rings. The fourth-order valence-electron chi connectivity index (χ4n) is 3.28. The summed E-state index contributed by atoms with van der Waals surface area (Å²) in [4.78, 5) is 22.4. The van der Waals surface area contributed by atoms with Gasteiger partial charge in [0.05, 0.1) is 23.4 Å². The second-order valence-electron chi connectivity index (χ2n) is 6.67. The number of hydrogen-bond acceptors (Lipinski definition) is 8. The molecular weight excluding hydrogens is 450 g/mol. The number of ether oxygens (including phenoxy) is 1. The Morgan fingerprint density at radius 1 is 1.19 bits per heavy atom. The lowest BCUT2D eigenvalue weighted by Gasteiger charge is -2.13. The maximum Gasteiger partial charge on any atom is 0.260 e. The summed E-state index contributed by atoms with van der Waals surface area (Å²) in [6.07, 6.45) is 1.65. The molecule has 0 bridgehead atoms. The van der Waals surface area contributed by atoms with Crippen molar-refractivity contribution in [1.82, 2.24) is 24.7 Å². The Kier molecular flexibility index (Phi) is 5.34. The summed E-state index contributed by atoms with van der Waals surface area (Å²) in [6, 6.07) is 11.7. The van der Waals surface area contributed by atoms with Crippen molar-refractivity contribution in [3.8, 4) is 21.9 Å². The molecule has 0 spiro atoms. The van der Waals surface area contributed by atoms with E-state index in [-0.39, 0.29) is 10.8 Å². The number of nitrogens with one attached hydrogen (secondary N) is 1. The maximum atomic E-state index is 12.9. The van der Waals surface area contributed by atoms with Crippen LogP contribution in [0, 0.1) is 0 Å². The summed E-state index contributed by atoms with van der Waals surface area (Å²) in [5.74, 6) is 1.33. The Morgan fingerprint density at radius 3 is 2.87 bits per heavy atom. The van der Waals surface area contributed by atoms with Crippen LogP contribution in [-0.4, -0.2) is 31.8 Å². The van der Waals surface area contributed by atoms with E-state index in [9.17, 15) is 4.79 Å². The Balaban J connectivity index is 1.48. The lowest BCUT2D eigenvalue weighted by atomic mass is 10.2. The number of hydrogen-bond donors (Lipinski definition) is 1. The van der Waals surface area contributed by atoms with Crippen LogP contribution in [-0.2, 0) is 0 Å². The van der Waals surface area contributed by atoms with Gasteiger partial charge in [0.15, 0.2) is 5.16 Å². The number of thiophene rings is 2. The molecular formula is C21H17N5O2S3. The summed E-state index contributed by atoms with van der Waals surface area (Å²) in [6.45, 7) is 1.99. The smallest absolute Gasteiger partial charge is 0.260 e. The molecule has 31 heavy (non-hydrogen) atoms. The van der Waals surface area contributed by atoms with Gasteiger partial charge < -0.3 is 9.72 Å². The second-order valence-corrected chi connectivity index (χ2v) is 9.79. The molecule has 0 aliphatic carbocycles. The van der Waals surface area contributed by atoms with Gasteiger partial charge in [-0.2, -0.15) is 0 Å². The monoisotopic (exact) mass is 467 g/mol. The minimum absolute atomic E-state index is 0.122. The van der Waals surface area contributed by atoms with Crippen molar-refractivity contribution >= 4 is 44.7 Å². The molecule has 0 fully saturated rings. The third kappa shape index (κ3) is 3.67. The number of H-pyrrole nitrogens is 1. The highest BCUT2D eigenvalue weighted by Gasteiger charge is 2.20. The number of nitrogens with zero attached hydrogens (tertiary/aromatic N) is 4. The normalized spacial score (nSPS) is 12.3. The Bertz CT molecular complexity index is 1400. The van der Waals surface area contributed by atoms with E-state index < -0.39 is 0 Å². The van der Waals surface area contributed by atoms with Gasteiger partial charge in [-0.15, -0.1) is 32.9 Å². The standard InChI is InChI=1S/C21H17N5O2S3/c1-12(31-21-25-22-11-26(21)14-6-3-4-7-15(14)28-2)18-23-19(27)17-13(10-30-20(17)24-18)16-8-5-9-29-16/h3-12H,1-2H3,(H,23,24,27). The molecule has 4 heterocycles. The number of aromatic nitrogens is 5. The van der Waals surface area contributed by atoms with Crippen LogP contribution in [0.25, 0.3) is 26.3 Å². The average molecular weight is 468 g/mol. The van der Waals surface area contributed by atoms with Crippen LogP contribution in [0.4, 0.5) is 0 Å². The Labute approximate surface area is 189 Å². The van der Waals surface area contributed by atoms with E-state index in [1.165, 1.54) is 23.1 Å². The second kappa shape index (κ2) is 8.29. The van der Waals surface area contributed by atoms with Crippen LogP contribution < -0.4 is 10.3 Å². The average Bonchev–Trinajstić information content (AvgIpc) is 3.54. The first-order valence-corrected chi connectivity index (χ1v) is 12.0. The summed E-state index contributed by atoms with van der Waals surface area (Å²) in [7, 11) is 1.63. The molecule has 5 rings (SSSR count). The molecule has 1 aromatic carbocycles. The van der Waals surface area contributed by atoms with Gasteiger partial charge in [-0.1, -0.05) is 30.0 Å². The maximum absolute atomic E-state index is 12.9. The number of methoxy groups -OCH3 is 1. The van der Waals surface area contributed by atoms with Crippen molar-refractivity contribution in [2.45, 2.75) is 17.3 Å². The molecule has 0 amide bonds. The first kappa shape index (κ1) is 20.0. The minimum atomic E-state index is -0.137. The first-order valence-electron chi connectivity index (χ1n) is 9.41. The van der Waals surface area contributed by atoms with Crippen molar-refractivity contribution in [3.63, 3.8) is 0 Å². The van der Waals surface area contributed by atoms with Crippen LogP contribution in [0.3, 0.4) is 0 Å². The van der Waals surface area contributed by atoms with E-state index in [1.807, 2.05) is 58.6 Å². The van der Waals surface area contributed by atoms with Crippen molar-refractivity contribution in [2.75, 3.05) is 7.11 Å². The van der Waals surface area contributed by atoms with Crippen molar-refractivity contribution in [3.05, 3.63) is 69.7 Å². The van der Waals surface area contributed by atoms with E-state index in [4.69, 9.17) is 9.72 Å². The van der Waals surface area contributed by atoms with Gasteiger partial charge in [-0.05, 0) is 30.5 Å². The Morgan fingerprint density at radius 2 is 2.06 bits per heavy atom. The van der Waals surface area contributed by atoms with E-state index in [1.54, 1.807) is 24.8 Å². The number of rotatable bonds is 6. The number of aromatic amines is 1. The van der Waals surface area contributed by atoms with E-state index in [0.717, 1.165) is 26.7 Å². The fourth-order valence-corrected chi connectivity index (χ4v) is 5.95. The molecule has 0 radical (unpaired) electrons. The molecule has 0 saturated heterocycles. The number of benzene rings is 1. The highest BCUT2D eigenvalue weighted by molar-refractivity contribution is 7.99. The van der Waals surface area contributed by atoms with Crippen molar-refractivity contribution in [1.29, 1.82) is 0 Å². The zero-order chi connectivity index (χ0) is 21.4. The van der Waals surface area contributed by atoms with Crippen LogP contribution in [0.1, 0.15) is 18.0 Å². The minimum Gasteiger partial charge on any atom is -0.495 e. The van der Waals surface area contributed by atoms with Crippen LogP contribution in [0.2, 0.25) is 0 Å². The summed E-state index contributed by atoms with van der Waals surface area (Å²) >= 11 is 4.57. The Hall–Kier alpha value is -2.95. The highest BCUT2D eigenvalue weighted by Crippen LogP contribution is 2.37. The largest absolute Gasteiger partial charge is 0.495 e. The van der Waals surface area contributed by atoms with Gasteiger partial charge in [0.25, 0.3) is 5.56 Å². The number of para-hydroxylation sites is 2. The van der Waals surface area contributed by atoms with E-state index in [2.05, 4.69) is 15.2 Å².